The molecule has 5 nitrogen and oxygen atoms in total. The van der Waals surface area contributed by atoms with E-state index in [-0.39, 0.29) is 0 Å². The summed E-state index contributed by atoms with van der Waals surface area (Å²) in [5, 5.41) is 3.41. The fourth-order valence-electron chi connectivity index (χ4n) is 2.39. The van der Waals surface area contributed by atoms with Crippen LogP contribution < -0.4 is 15.8 Å². The monoisotopic (exact) mass is 277 g/mol. The molecule has 20 heavy (non-hydrogen) atoms. The largest absolute Gasteiger partial charge is 0.476 e. The highest BCUT2D eigenvalue weighted by Crippen LogP contribution is 2.31. The molecule has 3 rings (SSSR count). The zero-order valence-corrected chi connectivity index (χ0v) is 12.0. The Hall–Kier alpha value is -1.49. The van der Waals surface area contributed by atoms with E-state index in [1.54, 1.807) is 0 Å². The number of aromatic nitrogens is 1. The molecule has 0 bridgehead atoms. The lowest BCUT2D eigenvalue weighted by molar-refractivity contribution is 0.00292. The van der Waals surface area contributed by atoms with Crippen LogP contribution in [0.2, 0.25) is 0 Å². The Kier molecular flexibility index (Phi) is 3.96. The van der Waals surface area contributed by atoms with E-state index in [9.17, 15) is 0 Å². The van der Waals surface area contributed by atoms with Gasteiger partial charge in [0.1, 0.15) is 5.82 Å². The van der Waals surface area contributed by atoms with Crippen LogP contribution in [0.25, 0.3) is 0 Å². The second-order valence-corrected chi connectivity index (χ2v) is 5.74. The molecule has 1 aromatic heterocycles. The predicted molar refractivity (Wildman–Crippen MR) is 78.9 cm³/mol. The van der Waals surface area contributed by atoms with Crippen molar-refractivity contribution in [3.63, 3.8) is 0 Å². The fraction of sp³-hybridized carbons (Fsp3) is 0.667. The topological polar surface area (TPSA) is 69.4 Å². The average molecular weight is 277 g/mol. The van der Waals surface area contributed by atoms with Gasteiger partial charge in [-0.3, -0.25) is 0 Å². The smallest absolute Gasteiger partial charge is 0.239 e. The minimum atomic E-state index is 0.400. The molecular weight excluding hydrogens is 254 g/mol. The summed E-state index contributed by atoms with van der Waals surface area (Å²) in [6.45, 7) is 3.55. The van der Waals surface area contributed by atoms with Crippen LogP contribution in [0.15, 0.2) is 12.1 Å². The van der Waals surface area contributed by atoms with E-state index in [0.717, 1.165) is 31.9 Å². The number of nitrogens with zero attached hydrogens (tertiary/aromatic N) is 1. The number of hydrogen-bond acceptors (Lipinski definition) is 5. The van der Waals surface area contributed by atoms with Crippen molar-refractivity contribution in [2.75, 3.05) is 24.3 Å². The van der Waals surface area contributed by atoms with E-state index < -0.39 is 0 Å². The first-order chi connectivity index (χ1) is 9.74. The molecule has 0 saturated heterocycles. The van der Waals surface area contributed by atoms with E-state index in [1.165, 1.54) is 12.8 Å². The third-order valence-electron chi connectivity index (χ3n) is 3.89. The summed E-state index contributed by atoms with van der Waals surface area (Å²) in [7, 11) is 0. The molecule has 0 radical (unpaired) electrons. The number of nitrogens with two attached hydrogens (primary N) is 1. The predicted octanol–water partition coefficient (Wildman–Crippen LogP) is 2.43. The minimum absolute atomic E-state index is 0.400. The number of hydrogen-bond donors (Lipinski definition) is 2. The van der Waals surface area contributed by atoms with Crippen LogP contribution in [-0.2, 0) is 4.74 Å². The Morgan fingerprint density at radius 3 is 2.85 bits per heavy atom. The average Bonchev–Trinajstić information content (AvgIpc) is 3.21. The maximum atomic E-state index is 5.90. The van der Waals surface area contributed by atoms with Gasteiger partial charge < -0.3 is 20.5 Å². The fourth-order valence-corrected chi connectivity index (χ4v) is 2.39. The third-order valence-corrected chi connectivity index (χ3v) is 3.89. The van der Waals surface area contributed by atoms with Crippen LogP contribution in [0.1, 0.15) is 32.6 Å². The molecule has 0 unspecified atom stereocenters. The van der Waals surface area contributed by atoms with E-state index in [2.05, 4.69) is 10.3 Å². The minimum Gasteiger partial charge on any atom is -0.476 e. The molecule has 0 aliphatic heterocycles. The Morgan fingerprint density at radius 1 is 1.35 bits per heavy atom. The standard InChI is InChI=1S/C15H23N3O2/c1-2-19-12-7-11(8-12)17-14-6-5-13(16)15(18-14)20-9-10-3-4-10/h5-6,10-12H,2-4,7-9,16H2,1H3,(H,17,18). The highest BCUT2D eigenvalue weighted by atomic mass is 16.5. The lowest BCUT2D eigenvalue weighted by atomic mass is 9.89. The molecule has 0 amide bonds. The lowest BCUT2D eigenvalue weighted by Crippen LogP contribution is -2.41. The number of anilines is 2. The van der Waals surface area contributed by atoms with Gasteiger partial charge in [0.25, 0.3) is 0 Å². The second kappa shape index (κ2) is 5.87. The van der Waals surface area contributed by atoms with Crippen LogP contribution in [0.4, 0.5) is 11.5 Å². The van der Waals surface area contributed by atoms with Crippen molar-refractivity contribution >= 4 is 11.5 Å². The summed E-state index contributed by atoms with van der Waals surface area (Å²) >= 11 is 0. The molecule has 1 aromatic rings. The molecule has 2 fully saturated rings. The van der Waals surface area contributed by atoms with E-state index >= 15 is 0 Å². The van der Waals surface area contributed by atoms with E-state index in [4.69, 9.17) is 15.2 Å². The van der Waals surface area contributed by atoms with Gasteiger partial charge in [0, 0.05) is 12.6 Å². The molecule has 2 aliphatic rings. The maximum absolute atomic E-state index is 5.90. The summed E-state index contributed by atoms with van der Waals surface area (Å²) in [5.41, 5.74) is 6.51. The first kappa shape index (κ1) is 13.5. The van der Waals surface area contributed by atoms with Crippen LogP contribution in [0, 0.1) is 5.92 Å². The van der Waals surface area contributed by atoms with Gasteiger partial charge in [-0.05, 0) is 50.7 Å². The van der Waals surface area contributed by atoms with Crippen molar-refractivity contribution in [1.82, 2.24) is 4.98 Å². The van der Waals surface area contributed by atoms with Crippen LogP contribution in [0.5, 0.6) is 5.88 Å². The highest BCUT2D eigenvalue weighted by Gasteiger charge is 2.29. The molecule has 110 valence electrons. The summed E-state index contributed by atoms with van der Waals surface area (Å²) < 4.78 is 11.2. The van der Waals surface area contributed by atoms with Crippen molar-refractivity contribution in [3.05, 3.63) is 12.1 Å². The van der Waals surface area contributed by atoms with Gasteiger partial charge in [0.15, 0.2) is 0 Å². The lowest BCUT2D eigenvalue weighted by Gasteiger charge is -2.35. The Labute approximate surface area is 119 Å². The molecule has 0 atom stereocenters. The molecule has 2 aliphatic carbocycles. The summed E-state index contributed by atoms with van der Waals surface area (Å²) in [6.07, 6.45) is 5.00. The first-order valence-electron chi connectivity index (χ1n) is 7.52. The van der Waals surface area contributed by atoms with E-state index in [1.807, 2.05) is 19.1 Å². The molecule has 0 aromatic carbocycles. The number of pyridine rings is 1. The van der Waals surface area contributed by atoms with Gasteiger partial charge >= 0.3 is 0 Å². The number of ether oxygens (including phenoxy) is 2. The molecule has 3 N–H and O–H groups in total. The Balaban J connectivity index is 1.52. The summed E-state index contributed by atoms with van der Waals surface area (Å²) in [4.78, 5) is 4.47. The van der Waals surface area contributed by atoms with Crippen molar-refractivity contribution in [2.24, 2.45) is 5.92 Å². The third kappa shape index (κ3) is 3.33. The van der Waals surface area contributed by atoms with Crippen LogP contribution in [-0.4, -0.2) is 30.3 Å². The van der Waals surface area contributed by atoms with Crippen molar-refractivity contribution < 1.29 is 9.47 Å². The molecule has 2 saturated carbocycles. The molecule has 0 spiro atoms. The quantitative estimate of drug-likeness (QED) is 0.801. The highest BCUT2D eigenvalue weighted by molar-refractivity contribution is 5.54. The van der Waals surface area contributed by atoms with Gasteiger partial charge in [-0.15, -0.1) is 0 Å². The SMILES string of the molecule is CCOC1CC(Nc2ccc(N)c(OCC3CC3)n2)C1. The number of nitrogen functional groups attached to an aromatic ring is 1. The van der Waals surface area contributed by atoms with Gasteiger partial charge in [-0.1, -0.05) is 0 Å². The zero-order chi connectivity index (χ0) is 13.9. The van der Waals surface area contributed by atoms with Crippen LogP contribution >= 0.6 is 0 Å². The normalized spacial score (nSPS) is 25.1. The first-order valence-corrected chi connectivity index (χ1v) is 7.52. The van der Waals surface area contributed by atoms with Crippen molar-refractivity contribution in [2.45, 2.75) is 44.8 Å². The Bertz CT molecular complexity index is 456. The molecule has 1 heterocycles. The van der Waals surface area contributed by atoms with Crippen molar-refractivity contribution in [1.29, 1.82) is 0 Å². The van der Waals surface area contributed by atoms with Crippen molar-refractivity contribution in [3.8, 4) is 5.88 Å². The van der Waals surface area contributed by atoms with Gasteiger partial charge in [-0.2, -0.15) is 4.98 Å². The molecular formula is C15H23N3O2. The van der Waals surface area contributed by atoms with Crippen LogP contribution in [0.3, 0.4) is 0 Å². The maximum Gasteiger partial charge on any atom is 0.239 e. The van der Waals surface area contributed by atoms with E-state index in [0.29, 0.717) is 29.6 Å². The number of nitrogens with one attached hydrogen (secondary N) is 1. The summed E-state index contributed by atoms with van der Waals surface area (Å²) in [6, 6.07) is 4.21. The second-order valence-electron chi connectivity index (χ2n) is 5.74. The Morgan fingerprint density at radius 2 is 2.15 bits per heavy atom. The summed E-state index contributed by atoms with van der Waals surface area (Å²) in [5.74, 6) is 2.10. The number of rotatable bonds is 7. The van der Waals surface area contributed by atoms with Gasteiger partial charge in [0.2, 0.25) is 5.88 Å². The van der Waals surface area contributed by atoms with Gasteiger partial charge in [0.05, 0.1) is 18.4 Å². The van der Waals surface area contributed by atoms with Gasteiger partial charge in [-0.25, -0.2) is 0 Å². The zero-order valence-electron chi connectivity index (χ0n) is 12.0. The molecule has 5 heteroatoms.